The summed E-state index contributed by atoms with van der Waals surface area (Å²) >= 11 is 1.69. The molecule has 3 N–H and O–H groups in total. The first-order valence-electron chi connectivity index (χ1n) is 8.32. The molecular weight excluding hydrogens is 393 g/mol. The smallest absolute Gasteiger partial charge is 0.249 e. The average Bonchev–Trinajstić information content (AvgIpc) is 3.22. The van der Waals surface area contributed by atoms with Crippen LogP contribution in [0, 0.1) is 6.92 Å². The van der Waals surface area contributed by atoms with E-state index in [1.54, 1.807) is 11.3 Å². The topological polar surface area (TPSA) is 77.2 Å². The molecule has 0 spiro atoms. The minimum atomic E-state index is -0.350. The van der Waals surface area contributed by atoms with Gasteiger partial charge in [-0.3, -0.25) is 4.79 Å². The number of amides is 1. The molecule has 144 valence electrons. The lowest BCUT2D eigenvalue weighted by atomic mass is 10.1. The molecule has 1 amide bonds. The average molecular weight is 418 g/mol. The van der Waals surface area contributed by atoms with Gasteiger partial charge in [0, 0.05) is 30.0 Å². The van der Waals surface area contributed by atoms with Crippen molar-refractivity contribution < 1.29 is 9.53 Å². The number of nitrogens with one attached hydrogen (secondary N) is 1. The Hall–Kier alpha value is -1.18. The molecule has 0 saturated carbocycles. The van der Waals surface area contributed by atoms with Gasteiger partial charge in [-0.15, -0.1) is 36.2 Å². The number of hydrogen-bond acceptors (Lipinski definition) is 5. The van der Waals surface area contributed by atoms with E-state index in [9.17, 15) is 4.79 Å². The van der Waals surface area contributed by atoms with E-state index in [1.807, 2.05) is 18.2 Å². The van der Waals surface area contributed by atoms with E-state index in [0.717, 1.165) is 35.5 Å². The number of hydrogen-bond donors (Lipinski definition) is 2. The third kappa shape index (κ3) is 5.66. The highest BCUT2D eigenvalue weighted by Gasteiger charge is 2.29. The van der Waals surface area contributed by atoms with Gasteiger partial charge in [-0.25, -0.2) is 4.98 Å². The number of aryl methyl sites for hydroxylation is 1. The molecule has 3 rings (SSSR count). The molecule has 0 bridgehead atoms. The van der Waals surface area contributed by atoms with Gasteiger partial charge in [0.1, 0.15) is 6.10 Å². The highest BCUT2D eigenvalue weighted by molar-refractivity contribution is 7.12. The van der Waals surface area contributed by atoms with E-state index in [-0.39, 0.29) is 42.9 Å². The molecule has 2 heterocycles. The predicted octanol–water partition coefficient (Wildman–Crippen LogP) is 3.13. The lowest BCUT2D eigenvalue weighted by Gasteiger charge is -2.12. The van der Waals surface area contributed by atoms with Crippen LogP contribution < -0.4 is 11.1 Å². The van der Waals surface area contributed by atoms with Gasteiger partial charge < -0.3 is 15.8 Å². The number of benzene rings is 1. The molecule has 1 aromatic carbocycles. The molecule has 2 aromatic rings. The van der Waals surface area contributed by atoms with Crippen LogP contribution in [0.5, 0.6) is 0 Å². The van der Waals surface area contributed by atoms with E-state index >= 15 is 0 Å². The van der Waals surface area contributed by atoms with Gasteiger partial charge in [0.05, 0.1) is 16.8 Å². The number of carbonyl (C=O) groups excluding carboxylic acids is 1. The molecule has 0 unspecified atom stereocenters. The van der Waals surface area contributed by atoms with Crippen LogP contribution in [-0.2, 0) is 16.0 Å². The number of halogens is 2. The molecule has 1 aromatic heterocycles. The highest BCUT2D eigenvalue weighted by Crippen LogP contribution is 2.27. The summed E-state index contributed by atoms with van der Waals surface area (Å²) in [5, 5.41) is 3.99. The number of rotatable bonds is 6. The fraction of sp³-hybridized carbons (Fsp3) is 0.444. The van der Waals surface area contributed by atoms with E-state index < -0.39 is 0 Å². The highest BCUT2D eigenvalue weighted by atomic mass is 35.5. The third-order valence-electron chi connectivity index (χ3n) is 4.19. The predicted molar refractivity (Wildman–Crippen MR) is 110 cm³/mol. The van der Waals surface area contributed by atoms with Crippen LogP contribution in [0.25, 0.3) is 11.3 Å². The minimum absolute atomic E-state index is 0. The van der Waals surface area contributed by atoms with E-state index in [0.29, 0.717) is 13.1 Å². The third-order valence-corrected chi connectivity index (χ3v) is 5.22. The lowest BCUT2D eigenvalue weighted by Crippen LogP contribution is -2.36. The second-order valence-electron chi connectivity index (χ2n) is 5.98. The van der Waals surface area contributed by atoms with Crippen molar-refractivity contribution in [3.8, 4) is 11.3 Å². The van der Waals surface area contributed by atoms with Crippen molar-refractivity contribution in [2.75, 3.05) is 13.1 Å². The van der Waals surface area contributed by atoms with Crippen molar-refractivity contribution in [2.24, 2.45) is 5.73 Å². The Kier molecular flexibility index (Phi) is 9.54. The maximum absolute atomic E-state index is 12.1. The maximum atomic E-state index is 12.1. The minimum Gasteiger partial charge on any atom is -0.364 e. The molecule has 1 fully saturated rings. The van der Waals surface area contributed by atoms with E-state index in [4.69, 9.17) is 15.5 Å². The quantitative estimate of drug-likeness (QED) is 0.756. The van der Waals surface area contributed by atoms with Crippen molar-refractivity contribution in [1.29, 1.82) is 0 Å². The normalized spacial score (nSPS) is 18.7. The molecule has 0 radical (unpaired) electrons. The van der Waals surface area contributed by atoms with Crippen LogP contribution >= 0.6 is 36.2 Å². The Morgan fingerprint density at radius 1 is 1.31 bits per heavy atom. The molecule has 1 aliphatic heterocycles. The van der Waals surface area contributed by atoms with E-state index in [1.165, 1.54) is 4.88 Å². The van der Waals surface area contributed by atoms with Crippen molar-refractivity contribution in [1.82, 2.24) is 10.3 Å². The fourth-order valence-corrected chi connectivity index (χ4v) is 3.86. The van der Waals surface area contributed by atoms with Crippen LogP contribution in [-0.4, -0.2) is 36.2 Å². The first-order chi connectivity index (χ1) is 11.7. The molecule has 5 nitrogen and oxygen atoms in total. The molecule has 1 saturated heterocycles. The summed E-state index contributed by atoms with van der Waals surface area (Å²) in [5.74, 6) is -0.0393. The van der Waals surface area contributed by atoms with Crippen LogP contribution in [0.2, 0.25) is 0 Å². The van der Waals surface area contributed by atoms with Gasteiger partial charge in [0.15, 0.2) is 0 Å². The second-order valence-corrected chi connectivity index (χ2v) is 7.27. The van der Waals surface area contributed by atoms with Crippen LogP contribution in [0.1, 0.15) is 22.7 Å². The van der Waals surface area contributed by atoms with E-state index in [2.05, 4.69) is 24.4 Å². The van der Waals surface area contributed by atoms with Crippen LogP contribution in [0.15, 0.2) is 30.3 Å². The summed E-state index contributed by atoms with van der Waals surface area (Å²) in [6.07, 6.45) is 2.02. The maximum Gasteiger partial charge on any atom is 0.249 e. The Morgan fingerprint density at radius 2 is 2.04 bits per heavy atom. The second kappa shape index (κ2) is 10.8. The molecular formula is C18H25Cl2N3O2S. The lowest BCUT2D eigenvalue weighted by molar-refractivity contribution is -0.131. The van der Waals surface area contributed by atoms with Gasteiger partial charge in [-0.2, -0.15) is 0 Å². The molecule has 0 aliphatic carbocycles. The summed E-state index contributed by atoms with van der Waals surface area (Å²) in [5.41, 5.74) is 7.74. The number of nitrogens with zero attached hydrogens (tertiary/aromatic N) is 1. The standard InChI is InChI=1S/C18H23N3O2S.2ClH/c1-12-17(13-5-3-2-4-6-13)21-16(24-12)9-10-20-18(22)15-8-7-14(11-19)23-15;;/h2-6,14-15H,7-11,19H2,1H3,(H,20,22);2*1H/t14-,15+;;/m1../s1. The van der Waals surface area contributed by atoms with Crippen molar-refractivity contribution >= 4 is 42.1 Å². The molecule has 8 heteroatoms. The van der Waals surface area contributed by atoms with Gasteiger partial charge in [0.25, 0.3) is 0 Å². The number of aromatic nitrogens is 1. The van der Waals surface area contributed by atoms with Gasteiger partial charge in [-0.1, -0.05) is 30.3 Å². The Morgan fingerprint density at radius 3 is 2.69 bits per heavy atom. The van der Waals surface area contributed by atoms with Crippen molar-refractivity contribution in [2.45, 2.75) is 38.4 Å². The van der Waals surface area contributed by atoms with Gasteiger partial charge in [-0.05, 0) is 19.8 Å². The first kappa shape index (κ1) is 22.9. The number of thiazole rings is 1. The largest absolute Gasteiger partial charge is 0.364 e. The van der Waals surface area contributed by atoms with Crippen molar-refractivity contribution in [3.05, 3.63) is 40.2 Å². The first-order valence-corrected chi connectivity index (χ1v) is 9.14. The van der Waals surface area contributed by atoms with Crippen LogP contribution in [0.3, 0.4) is 0 Å². The zero-order chi connectivity index (χ0) is 16.9. The molecule has 26 heavy (non-hydrogen) atoms. The van der Waals surface area contributed by atoms with Gasteiger partial charge in [0.2, 0.25) is 5.91 Å². The number of nitrogens with two attached hydrogens (primary N) is 1. The zero-order valence-corrected chi connectivity index (χ0v) is 17.1. The zero-order valence-electron chi connectivity index (χ0n) is 14.6. The molecule has 1 aliphatic rings. The Bertz CT molecular complexity index is 697. The summed E-state index contributed by atoms with van der Waals surface area (Å²) in [6.45, 7) is 3.14. The number of carbonyl (C=O) groups is 1. The fourth-order valence-electron chi connectivity index (χ4n) is 2.90. The van der Waals surface area contributed by atoms with Crippen molar-refractivity contribution in [3.63, 3.8) is 0 Å². The molecule has 2 atom stereocenters. The monoisotopic (exact) mass is 417 g/mol. The summed E-state index contributed by atoms with van der Waals surface area (Å²) < 4.78 is 5.61. The summed E-state index contributed by atoms with van der Waals surface area (Å²) in [7, 11) is 0. The SMILES string of the molecule is Cc1sc(CCNC(=O)[C@@H]2CC[C@H](CN)O2)nc1-c1ccccc1.Cl.Cl. The van der Waals surface area contributed by atoms with Crippen LogP contribution in [0.4, 0.5) is 0 Å². The summed E-state index contributed by atoms with van der Waals surface area (Å²) in [6, 6.07) is 10.2. The Balaban J connectivity index is 0.00000169. The number of ether oxygens (including phenoxy) is 1. The summed E-state index contributed by atoms with van der Waals surface area (Å²) in [4.78, 5) is 18.0. The Labute approximate surface area is 170 Å². The van der Waals surface area contributed by atoms with Gasteiger partial charge >= 0.3 is 0 Å².